The van der Waals surface area contributed by atoms with Crippen LogP contribution in [0.2, 0.25) is 0 Å². The van der Waals surface area contributed by atoms with Crippen molar-refractivity contribution in [2.75, 3.05) is 5.43 Å². The zero-order valence-electron chi connectivity index (χ0n) is 13.4. The number of fused-ring (bicyclic) bond motifs is 1. The van der Waals surface area contributed by atoms with E-state index in [4.69, 9.17) is 0 Å². The average molecular weight is 320 g/mol. The fraction of sp³-hybridized carbons (Fsp3) is 0.111. The topological polar surface area (TPSA) is 80.4 Å². The first-order chi connectivity index (χ1) is 11.5. The normalized spacial score (nSPS) is 11.1. The van der Waals surface area contributed by atoms with Gasteiger partial charge in [0.2, 0.25) is 0 Å². The van der Waals surface area contributed by atoms with Crippen LogP contribution in [-0.4, -0.2) is 16.1 Å². The van der Waals surface area contributed by atoms with Gasteiger partial charge in [-0.3, -0.25) is 20.5 Å². The number of nitrogens with zero attached hydrogens (tertiary/aromatic N) is 3. The van der Waals surface area contributed by atoms with Gasteiger partial charge in [0, 0.05) is 17.1 Å². The number of rotatable bonds is 4. The zero-order valence-corrected chi connectivity index (χ0v) is 13.4. The highest BCUT2D eigenvalue weighted by Crippen LogP contribution is 2.24. The van der Waals surface area contributed by atoms with Gasteiger partial charge in [-0.1, -0.05) is 24.3 Å². The molecule has 0 saturated heterocycles. The summed E-state index contributed by atoms with van der Waals surface area (Å²) in [5.74, 6) is 0. The second-order valence-corrected chi connectivity index (χ2v) is 5.52. The van der Waals surface area contributed by atoms with Gasteiger partial charge in [-0.25, -0.2) is 0 Å². The minimum atomic E-state index is -0.421. The Labute approximate surface area is 139 Å². The smallest absolute Gasteiger partial charge is 0.278 e. The second-order valence-electron chi connectivity index (χ2n) is 5.52. The van der Waals surface area contributed by atoms with Crippen molar-refractivity contribution in [3.05, 3.63) is 75.5 Å². The zero-order chi connectivity index (χ0) is 17.1. The lowest BCUT2D eigenvalue weighted by Gasteiger charge is -2.07. The van der Waals surface area contributed by atoms with Crippen LogP contribution in [0.3, 0.4) is 0 Å². The molecule has 0 saturated carbocycles. The third kappa shape index (κ3) is 3.22. The number of hydrazone groups is 1. The molecule has 1 heterocycles. The number of nitro groups is 1. The molecule has 6 nitrogen and oxygen atoms in total. The Morgan fingerprint density at radius 2 is 1.96 bits per heavy atom. The van der Waals surface area contributed by atoms with Crippen molar-refractivity contribution in [2.24, 2.45) is 5.10 Å². The molecule has 0 aliphatic rings. The van der Waals surface area contributed by atoms with E-state index in [2.05, 4.69) is 15.5 Å². The quantitative estimate of drug-likeness (QED) is 0.443. The van der Waals surface area contributed by atoms with E-state index in [1.807, 2.05) is 38.1 Å². The molecule has 0 spiro atoms. The van der Waals surface area contributed by atoms with E-state index < -0.39 is 4.92 Å². The van der Waals surface area contributed by atoms with E-state index in [0.717, 1.165) is 27.8 Å². The summed E-state index contributed by atoms with van der Waals surface area (Å²) in [6.07, 6.45) is 1.45. The number of anilines is 1. The highest BCUT2D eigenvalue weighted by molar-refractivity contribution is 5.92. The number of para-hydroxylation sites is 1. The Morgan fingerprint density at radius 1 is 1.17 bits per heavy atom. The summed E-state index contributed by atoms with van der Waals surface area (Å²) in [6.45, 7) is 3.93. The number of pyridine rings is 1. The molecule has 6 heteroatoms. The van der Waals surface area contributed by atoms with E-state index in [1.165, 1.54) is 12.3 Å². The number of aryl methyl sites for hydroxylation is 2. The predicted octanol–water partition coefficient (Wildman–Crippen LogP) is 4.21. The molecule has 24 heavy (non-hydrogen) atoms. The molecule has 3 aromatic rings. The van der Waals surface area contributed by atoms with Crippen molar-refractivity contribution in [1.82, 2.24) is 4.98 Å². The Balaban J connectivity index is 1.93. The molecular weight excluding hydrogens is 304 g/mol. The van der Waals surface area contributed by atoms with Crippen LogP contribution in [0, 0.1) is 24.0 Å². The Bertz CT molecular complexity index is 946. The monoisotopic (exact) mass is 320 g/mol. The Morgan fingerprint density at radius 3 is 2.75 bits per heavy atom. The number of nitrogens with one attached hydrogen (secondary N) is 1. The molecule has 0 fully saturated rings. The van der Waals surface area contributed by atoms with Crippen molar-refractivity contribution < 1.29 is 4.92 Å². The molecule has 0 radical (unpaired) electrons. The summed E-state index contributed by atoms with van der Waals surface area (Å²) >= 11 is 0. The standard InChI is InChI=1S/C18H16N4O2/c1-12-7-8-15-16(9-12)20-13(2)10-17(15)21-19-11-14-5-3-4-6-18(14)22(23)24/h3-11H,1-2H3,(H,20,21)/b19-11+. The predicted molar refractivity (Wildman–Crippen MR) is 95.5 cm³/mol. The molecule has 1 aromatic heterocycles. The second kappa shape index (κ2) is 6.45. The molecule has 1 N–H and O–H groups in total. The summed E-state index contributed by atoms with van der Waals surface area (Å²) < 4.78 is 0. The van der Waals surface area contributed by atoms with Crippen LogP contribution in [0.15, 0.2) is 53.6 Å². The van der Waals surface area contributed by atoms with E-state index in [1.54, 1.807) is 18.2 Å². The summed E-state index contributed by atoms with van der Waals surface area (Å²) in [5.41, 5.74) is 7.14. The van der Waals surface area contributed by atoms with Gasteiger partial charge >= 0.3 is 0 Å². The van der Waals surface area contributed by atoms with Gasteiger partial charge in [0.1, 0.15) is 0 Å². The van der Waals surface area contributed by atoms with Crippen molar-refractivity contribution in [3.8, 4) is 0 Å². The maximum atomic E-state index is 11.0. The first-order valence-electron chi connectivity index (χ1n) is 7.45. The fourth-order valence-electron chi connectivity index (χ4n) is 2.50. The van der Waals surface area contributed by atoms with Crippen LogP contribution in [0.5, 0.6) is 0 Å². The molecule has 0 aliphatic heterocycles. The van der Waals surface area contributed by atoms with Gasteiger partial charge in [0.15, 0.2) is 0 Å². The van der Waals surface area contributed by atoms with Gasteiger partial charge in [0.25, 0.3) is 5.69 Å². The van der Waals surface area contributed by atoms with Crippen LogP contribution >= 0.6 is 0 Å². The molecule has 3 rings (SSSR count). The fourth-order valence-corrected chi connectivity index (χ4v) is 2.50. The minimum Gasteiger partial charge on any atom is -0.278 e. The number of aromatic nitrogens is 1. The third-order valence-corrected chi connectivity index (χ3v) is 3.62. The largest absolute Gasteiger partial charge is 0.278 e. The van der Waals surface area contributed by atoms with Gasteiger partial charge in [-0.2, -0.15) is 5.10 Å². The van der Waals surface area contributed by atoms with Gasteiger partial charge in [0.05, 0.1) is 27.9 Å². The van der Waals surface area contributed by atoms with E-state index in [9.17, 15) is 10.1 Å². The maximum absolute atomic E-state index is 11.0. The van der Waals surface area contributed by atoms with Gasteiger partial charge < -0.3 is 0 Å². The van der Waals surface area contributed by atoms with Crippen molar-refractivity contribution >= 4 is 28.5 Å². The lowest BCUT2D eigenvalue weighted by molar-refractivity contribution is -0.385. The first-order valence-corrected chi connectivity index (χ1v) is 7.45. The van der Waals surface area contributed by atoms with Crippen molar-refractivity contribution in [3.63, 3.8) is 0 Å². The number of nitro benzene ring substituents is 1. The summed E-state index contributed by atoms with van der Waals surface area (Å²) in [5, 5.41) is 16.1. The lowest BCUT2D eigenvalue weighted by atomic mass is 10.1. The summed E-state index contributed by atoms with van der Waals surface area (Å²) in [6, 6.07) is 14.4. The Hall–Kier alpha value is -3.28. The van der Waals surface area contributed by atoms with Crippen LogP contribution in [-0.2, 0) is 0 Å². The summed E-state index contributed by atoms with van der Waals surface area (Å²) in [4.78, 5) is 15.1. The highest BCUT2D eigenvalue weighted by atomic mass is 16.6. The molecule has 120 valence electrons. The average Bonchev–Trinajstić information content (AvgIpc) is 2.54. The number of benzene rings is 2. The molecule has 0 amide bonds. The SMILES string of the molecule is Cc1ccc2c(N/N=C/c3ccccc3[N+](=O)[O-])cc(C)nc2c1. The van der Waals surface area contributed by atoms with E-state index >= 15 is 0 Å². The van der Waals surface area contributed by atoms with Gasteiger partial charge in [-0.05, 0) is 37.6 Å². The van der Waals surface area contributed by atoms with Crippen molar-refractivity contribution in [2.45, 2.75) is 13.8 Å². The molecular formula is C18H16N4O2. The van der Waals surface area contributed by atoms with E-state index in [-0.39, 0.29) is 5.69 Å². The molecule has 0 bridgehead atoms. The number of hydrogen-bond donors (Lipinski definition) is 1. The van der Waals surface area contributed by atoms with Crippen LogP contribution in [0.1, 0.15) is 16.8 Å². The first kappa shape index (κ1) is 15.6. The molecule has 0 unspecified atom stereocenters. The minimum absolute atomic E-state index is 0.0226. The van der Waals surface area contributed by atoms with Crippen LogP contribution in [0.4, 0.5) is 11.4 Å². The van der Waals surface area contributed by atoms with Crippen LogP contribution in [0.25, 0.3) is 10.9 Å². The van der Waals surface area contributed by atoms with Crippen molar-refractivity contribution in [1.29, 1.82) is 0 Å². The molecule has 0 aliphatic carbocycles. The van der Waals surface area contributed by atoms with Crippen LogP contribution < -0.4 is 5.43 Å². The van der Waals surface area contributed by atoms with Gasteiger partial charge in [-0.15, -0.1) is 0 Å². The summed E-state index contributed by atoms with van der Waals surface area (Å²) in [7, 11) is 0. The molecule has 2 aromatic carbocycles. The Kier molecular flexibility index (Phi) is 4.20. The lowest BCUT2D eigenvalue weighted by Crippen LogP contribution is -1.97. The number of hydrogen-bond acceptors (Lipinski definition) is 5. The highest BCUT2D eigenvalue weighted by Gasteiger charge is 2.10. The maximum Gasteiger partial charge on any atom is 0.278 e. The molecule has 0 atom stereocenters. The third-order valence-electron chi connectivity index (χ3n) is 3.62. The van der Waals surface area contributed by atoms with E-state index in [0.29, 0.717) is 5.56 Å².